The van der Waals surface area contributed by atoms with E-state index in [9.17, 15) is 0 Å². The lowest BCUT2D eigenvalue weighted by Gasteiger charge is -2.21. The summed E-state index contributed by atoms with van der Waals surface area (Å²) in [5.41, 5.74) is 3.06. The third-order valence-electron chi connectivity index (χ3n) is 3.95. The average Bonchev–Trinajstić information content (AvgIpc) is 3.07. The molecule has 0 spiro atoms. The number of hydrogen-bond acceptors (Lipinski definition) is 2. The molecule has 0 aliphatic heterocycles. The zero-order chi connectivity index (χ0) is 13.1. The molecular formula is C17H21NS. The van der Waals surface area contributed by atoms with Crippen LogP contribution in [-0.4, -0.2) is 6.04 Å². The first-order valence-corrected chi connectivity index (χ1v) is 8.11. The summed E-state index contributed by atoms with van der Waals surface area (Å²) in [5.74, 6) is 0. The van der Waals surface area contributed by atoms with Crippen LogP contribution >= 0.6 is 11.3 Å². The monoisotopic (exact) mass is 271 g/mol. The normalized spacial score (nSPS) is 16.5. The van der Waals surface area contributed by atoms with E-state index in [0.717, 1.165) is 0 Å². The second-order valence-corrected chi connectivity index (χ2v) is 6.38. The quantitative estimate of drug-likeness (QED) is 0.852. The maximum absolute atomic E-state index is 3.88. The number of benzene rings is 1. The molecule has 1 nitrogen and oxygen atoms in total. The van der Waals surface area contributed by atoms with Crippen LogP contribution in [0.3, 0.4) is 0 Å². The zero-order valence-electron chi connectivity index (χ0n) is 11.4. The molecule has 3 rings (SSSR count). The molecule has 1 aromatic heterocycles. The summed E-state index contributed by atoms with van der Waals surface area (Å²) in [6.07, 6.45) is 4.83. The van der Waals surface area contributed by atoms with Crippen LogP contribution in [0.15, 0.2) is 41.8 Å². The van der Waals surface area contributed by atoms with Crippen LogP contribution in [0, 0.1) is 0 Å². The van der Waals surface area contributed by atoms with Crippen LogP contribution in [0.25, 0.3) is 0 Å². The van der Waals surface area contributed by atoms with Crippen molar-refractivity contribution >= 4 is 11.3 Å². The van der Waals surface area contributed by atoms with E-state index >= 15 is 0 Å². The third kappa shape index (κ3) is 2.90. The van der Waals surface area contributed by atoms with Gasteiger partial charge in [-0.05, 0) is 41.8 Å². The standard InChI is InChI=1S/C17H21NS/c1-2-6-16(17-9-5-10-19-17)18-15-11-13-7-3-4-8-14(13)12-15/h3-5,7-10,15-16,18H,2,6,11-12H2,1H3. The lowest BCUT2D eigenvalue weighted by Crippen LogP contribution is -2.33. The molecule has 0 radical (unpaired) electrons. The molecule has 1 N–H and O–H groups in total. The summed E-state index contributed by atoms with van der Waals surface area (Å²) in [5, 5.41) is 6.06. The van der Waals surface area contributed by atoms with Crippen molar-refractivity contribution in [3.63, 3.8) is 0 Å². The minimum atomic E-state index is 0.532. The number of thiophene rings is 1. The van der Waals surface area contributed by atoms with E-state index in [1.54, 1.807) is 0 Å². The van der Waals surface area contributed by atoms with Crippen molar-refractivity contribution in [1.29, 1.82) is 0 Å². The second-order valence-electron chi connectivity index (χ2n) is 5.40. The van der Waals surface area contributed by atoms with E-state index in [1.807, 2.05) is 11.3 Å². The predicted octanol–water partition coefficient (Wildman–Crippen LogP) is 4.35. The van der Waals surface area contributed by atoms with Gasteiger partial charge < -0.3 is 5.32 Å². The van der Waals surface area contributed by atoms with Gasteiger partial charge in [0.05, 0.1) is 0 Å². The van der Waals surface area contributed by atoms with Gasteiger partial charge in [-0.1, -0.05) is 43.7 Å². The third-order valence-corrected chi connectivity index (χ3v) is 4.94. The van der Waals surface area contributed by atoms with Gasteiger partial charge in [-0.3, -0.25) is 0 Å². The molecule has 1 aliphatic rings. The molecule has 0 fully saturated rings. The molecule has 0 saturated heterocycles. The number of nitrogens with one attached hydrogen (secondary N) is 1. The molecule has 1 aliphatic carbocycles. The van der Waals surface area contributed by atoms with Crippen molar-refractivity contribution < 1.29 is 0 Å². The van der Waals surface area contributed by atoms with E-state index in [4.69, 9.17) is 0 Å². The highest BCUT2D eigenvalue weighted by Crippen LogP contribution is 2.28. The van der Waals surface area contributed by atoms with Gasteiger partial charge in [0.2, 0.25) is 0 Å². The number of hydrogen-bond donors (Lipinski definition) is 1. The summed E-state index contributed by atoms with van der Waals surface area (Å²) in [6.45, 7) is 2.27. The van der Waals surface area contributed by atoms with E-state index in [2.05, 4.69) is 54.0 Å². The van der Waals surface area contributed by atoms with E-state index in [-0.39, 0.29) is 0 Å². The Labute approximate surface area is 119 Å². The van der Waals surface area contributed by atoms with Gasteiger partial charge in [0.1, 0.15) is 0 Å². The highest BCUT2D eigenvalue weighted by Gasteiger charge is 2.23. The predicted molar refractivity (Wildman–Crippen MR) is 82.7 cm³/mol. The van der Waals surface area contributed by atoms with Crippen LogP contribution in [0.5, 0.6) is 0 Å². The van der Waals surface area contributed by atoms with Gasteiger partial charge in [-0.2, -0.15) is 0 Å². The molecule has 1 unspecified atom stereocenters. The van der Waals surface area contributed by atoms with Crippen molar-refractivity contribution in [2.75, 3.05) is 0 Å². The molecule has 100 valence electrons. The fourth-order valence-electron chi connectivity index (χ4n) is 3.05. The van der Waals surface area contributed by atoms with Crippen molar-refractivity contribution in [2.24, 2.45) is 0 Å². The van der Waals surface area contributed by atoms with E-state index < -0.39 is 0 Å². The zero-order valence-corrected chi connectivity index (χ0v) is 12.2. The highest BCUT2D eigenvalue weighted by atomic mass is 32.1. The van der Waals surface area contributed by atoms with Crippen LogP contribution in [0.2, 0.25) is 0 Å². The van der Waals surface area contributed by atoms with Gasteiger partial charge in [0.15, 0.2) is 0 Å². The lowest BCUT2D eigenvalue weighted by molar-refractivity contribution is 0.426. The Hall–Kier alpha value is -1.12. The van der Waals surface area contributed by atoms with Crippen LogP contribution < -0.4 is 5.32 Å². The Morgan fingerprint density at radius 2 is 1.89 bits per heavy atom. The lowest BCUT2D eigenvalue weighted by atomic mass is 10.1. The van der Waals surface area contributed by atoms with Gasteiger partial charge in [-0.25, -0.2) is 0 Å². The molecule has 1 atom stereocenters. The maximum atomic E-state index is 3.88. The molecule has 2 heteroatoms. The molecule has 0 amide bonds. The van der Waals surface area contributed by atoms with Gasteiger partial charge in [0.25, 0.3) is 0 Å². The maximum Gasteiger partial charge on any atom is 0.0417 e. The Bertz CT molecular complexity index is 493. The Morgan fingerprint density at radius 3 is 2.47 bits per heavy atom. The Balaban J connectivity index is 1.68. The minimum Gasteiger partial charge on any atom is -0.306 e. The molecule has 19 heavy (non-hydrogen) atoms. The van der Waals surface area contributed by atoms with Crippen LogP contribution in [0.4, 0.5) is 0 Å². The SMILES string of the molecule is CCCC(NC1Cc2ccccc2C1)c1cccs1. The van der Waals surface area contributed by atoms with Crippen molar-refractivity contribution in [1.82, 2.24) is 5.32 Å². The van der Waals surface area contributed by atoms with Crippen molar-refractivity contribution in [2.45, 2.75) is 44.7 Å². The number of rotatable bonds is 5. The topological polar surface area (TPSA) is 12.0 Å². The number of fused-ring (bicyclic) bond motifs is 1. The first-order chi connectivity index (χ1) is 9.36. The van der Waals surface area contributed by atoms with Gasteiger partial charge in [0, 0.05) is 17.0 Å². The van der Waals surface area contributed by atoms with Gasteiger partial charge >= 0.3 is 0 Å². The molecule has 0 saturated carbocycles. The summed E-state index contributed by atoms with van der Waals surface area (Å²) in [7, 11) is 0. The molecular weight excluding hydrogens is 250 g/mol. The molecule has 1 aromatic carbocycles. The smallest absolute Gasteiger partial charge is 0.0417 e. The van der Waals surface area contributed by atoms with Crippen LogP contribution in [0.1, 0.15) is 41.8 Å². The van der Waals surface area contributed by atoms with E-state index in [0.29, 0.717) is 12.1 Å². The molecule has 2 aromatic rings. The minimum absolute atomic E-state index is 0.532. The summed E-state index contributed by atoms with van der Waals surface area (Å²) >= 11 is 1.88. The highest BCUT2D eigenvalue weighted by molar-refractivity contribution is 7.10. The summed E-state index contributed by atoms with van der Waals surface area (Å²) in [6, 6.07) is 14.4. The Morgan fingerprint density at radius 1 is 1.16 bits per heavy atom. The molecule has 1 heterocycles. The summed E-state index contributed by atoms with van der Waals surface area (Å²) < 4.78 is 0. The van der Waals surface area contributed by atoms with Gasteiger partial charge in [-0.15, -0.1) is 11.3 Å². The molecule has 0 bridgehead atoms. The second kappa shape index (κ2) is 5.89. The van der Waals surface area contributed by atoms with Crippen molar-refractivity contribution in [3.05, 3.63) is 57.8 Å². The fraction of sp³-hybridized carbons (Fsp3) is 0.412. The average molecular weight is 271 g/mol. The van der Waals surface area contributed by atoms with E-state index in [1.165, 1.54) is 41.7 Å². The van der Waals surface area contributed by atoms with Crippen LogP contribution in [-0.2, 0) is 12.8 Å². The fourth-order valence-corrected chi connectivity index (χ4v) is 3.87. The first-order valence-electron chi connectivity index (χ1n) is 7.23. The largest absolute Gasteiger partial charge is 0.306 e. The first kappa shape index (κ1) is 12.9. The van der Waals surface area contributed by atoms with Crippen molar-refractivity contribution in [3.8, 4) is 0 Å². The Kier molecular flexibility index (Phi) is 4.00. The summed E-state index contributed by atoms with van der Waals surface area (Å²) in [4.78, 5) is 1.48.